The quantitative estimate of drug-likeness (QED) is 0.383. The number of amides is 1. The number of hydrogen-bond donors (Lipinski definition) is 2. The van der Waals surface area contributed by atoms with E-state index in [0.29, 0.717) is 36.6 Å². The number of carbonyl (C=O) groups excluding carboxylic acids is 1. The third-order valence-corrected chi connectivity index (χ3v) is 6.16. The van der Waals surface area contributed by atoms with Gasteiger partial charge in [-0.1, -0.05) is 6.58 Å². The second kappa shape index (κ2) is 11.1. The number of anilines is 4. The number of halogens is 2. The molecule has 0 radical (unpaired) electrons. The highest BCUT2D eigenvalue weighted by molar-refractivity contribution is 6.02. The van der Waals surface area contributed by atoms with Crippen molar-refractivity contribution in [1.82, 2.24) is 29.6 Å². The van der Waals surface area contributed by atoms with E-state index < -0.39 is 5.92 Å². The van der Waals surface area contributed by atoms with E-state index in [2.05, 4.69) is 42.2 Å². The molecule has 2 aromatic heterocycles. The van der Waals surface area contributed by atoms with Gasteiger partial charge in [0.15, 0.2) is 5.82 Å². The zero-order chi connectivity index (χ0) is 27.4. The number of likely N-dealkylation sites (N-methyl/N-ethyl adjacent to an activating group) is 2. The standard InChI is InChI=1S/C25H31F2N9O2/c1-6-21(37)31-17-12-18(20(38-5)13-19(17)35(4)11-10-34(2)3)32-24-29-15-28-23(33-24)16-14-30-36-9-7-8-25(26,27)22(16)36/h6,12-15H,1,7-11H2,2-5H3,(H,31,37)(H,28,29,32,33). The molecule has 1 aliphatic heterocycles. The number of nitrogens with one attached hydrogen (secondary N) is 2. The summed E-state index contributed by atoms with van der Waals surface area (Å²) in [6.45, 7) is 5.42. The van der Waals surface area contributed by atoms with Crippen molar-refractivity contribution in [2.75, 3.05) is 56.9 Å². The van der Waals surface area contributed by atoms with Crippen LogP contribution >= 0.6 is 0 Å². The maximum atomic E-state index is 14.7. The highest BCUT2D eigenvalue weighted by atomic mass is 19.3. The average molecular weight is 528 g/mol. The molecule has 0 saturated heterocycles. The predicted molar refractivity (Wildman–Crippen MR) is 141 cm³/mol. The number of nitrogens with zero attached hydrogens (tertiary/aromatic N) is 7. The number of fused-ring (bicyclic) bond motifs is 1. The van der Waals surface area contributed by atoms with Gasteiger partial charge in [0, 0.05) is 39.2 Å². The number of ether oxygens (including phenoxy) is 1. The molecule has 1 aliphatic rings. The van der Waals surface area contributed by atoms with Gasteiger partial charge >= 0.3 is 0 Å². The van der Waals surface area contributed by atoms with Crippen LogP contribution in [-0.2, 0) is 17.3 Å². The zero-order valence-corrected chi connectivity index (χ0v) is 21.8. The van der Waals surface area contributed by atoms with E-state index in [0.717, 1.165) is 12.2 Å². The molecule has 3 heterocycles. The Kier molecular flexibility index (Phi) is 7.86. The highest BCUT2D eigenvalue weighted by Crippen LogP contribution is 2.42. The fraction of sp³-hybridized carbons (Fsp3) is 0.400. The van der Waals surface area contributed by atoms with Crippen LogP contribution in [0.2, 0.25) is 0 Å². The van der Waals surface area contributed by atoms with E-state index >= 15 is 0 Å². The normalized spacial score (nSPS) is 14.1. The van der Waals surface area contributed by atoms with Gasteiger partial charge in [-0.2, -0.15) is 18.9 Å². The van der Waals surface area contributed by atoms with Gasteiger partial charge in [-0.25, -0.2) is 9.97 Å². The summed E-state index contributed by atoms with van der Waals surface area (Å²) >= 11 is 0. The van der Waals surface area contributed by atoms with Crippen LogP contribution in [0.1, 0.15) is 18.5 Å². The number of rotatable bonds is 10. The molecule has 13 heteroatoms. The lowest BCUT2D eigenvalue weighted by molar-refractivity contribution is -0.111. The number of carbonyl (C=O) groups is 1. The molecule has 11 nitrogen and oxygen atoms in total. The molecule has 0 unspecified atom stereocenters. The molecule has 0 spiro atoms. The smallest absolute Gasteiger partial charge is 0.290 e. The number of alkyl halides is 2. The molecular weight excluding hydrogens is 496 g/mol. The van der Waals surface area contributed by atoms with Crippen molar-refractivity contribution in [1.29, 1.82) is 0 Å². The molecule has 202 valence electrons. The molecule has 0 atom stereocenters. The van der Waals surface area contributed by atoms with Crippen LogP contribution in [0.15, 0.2) is 37.3 Å². The number of methoxy groups -OCH3 is 1. The van der Waals surface area contributed by atoms with E-state index in [9.17, 15) is 13.6 Å². The molecule has 1 aromatic carbocycles. The van der Waals surface area contributed by atoms with E-state index in [1.807, 2.05) is 26.0 Å². The molecule has 0 saturated carbocycles. The average Bonchev–Trinajstić information content (AvgIpc) is 3.33. The third kappa shape index (κ3) is 5.72. The van der Waals surface area contributed by atoms with Crippen molar-refractivity contribution < 1.29 is 18.3 Å². The summed E-state index contributed by atoms with van der Waals surface area (Å²) in [6, 6.07) is 3.48. The maximum absolute atomic E-state index is 14.7. The Hall–Kier alpha value is -4.13. The second-order valence-electron chi connectivity index (χ2n) is 9.18. The summed E-state index contributed by atoms with van der Waals surface area (Å²) in [5, 5.41) is 10.0. The molecule has 0 bridgehead atoms. The monoisotopic (exact) mass is 527 g/mol. The zero-order valence-electron chi connectivity index (χ0n) is 21.8. The molecule has 3 aromatic rings. The number of aromatic nitrogens is 5. The Morgan fingerprint density at radius 2 is 2.03 bits per heavy atom. The Labute approximate surface area is 219 Å². The van der Waals surface area contributed by atoms with Gasteiger partial charge in [-0.05, 0) is 32.7 Å². The van der Waals surface area contributed by atoms with E-state index in [-0.39, 0.29) is 35.4 Å². The van der Waals surface area contributed by atoms with Gasteiger partial charge in [-0.3, -0.25) is 9.48 Å². The predicted octanol–water partition coefficient (Wildman–Crippen LogP) is 3.50. The molecule has 2 N–H and O–H groups in total. The fourth-order valence-electron chi connectivity index (χ4n) is 4.19. The Balaban J connectivity index is 1.69. The van der Waals surface area contributed by atoms with Gasteiger partial charge in [0.2, 0.25) is 11.9 Å². The van der Waals surface area contributed by atoms with Crippen molar-refractivity contribution in [2.45, 2.75) is 25.3 Å². The minimum Gasteiger partial charge on any atom is -0.494 e. The number of benzene rings is 1. The van der Waals surface area contributed by atoms with Crippen molar-refractivity contribution in [3.8, 4) is 17.1 Å². The number of hydrogen-bond acceptors (Lipinski definition) is 9. The first-order valence-corrected chi connectivity index (χ1v) is 12.0. The van der Waals surface area contributed by atoms with Crippen LogP contribution in [0.5, 0.6) is 5.75 Å². The lowest BCUT2D eigenvalue weighted by Crippen LogP contribution is -2.29. The van der Waals surface area contributed by atoms with Crippen LogP contribution in [0.4, 0.5) is 31.8 Å². The topological polar surface area (TPSA) is 113 Å². The maximum Gasteiger partial charge on any atom is 0.290 e. The summed E-state index contributed by atoms with van der Waals surface area (Å²) in [5.41, 5.74) is 1.66. The summed E-state index contributed by atoms with van der Waals surface area (Å²) in [7, 11) is 7.39. The lowest BCUT2D eigenvalue weighted by Gasteiger charge is -2.26. The third-order valence-electron chi connectivity index (χ3n) is 6.16. The van der Waals surface area contributed by atoms with E-state index in [1.165, 1.54) is 30.4 Å². The highest BCUT2D eigenvalue weighted by Gasteiger charge is 2.41. The molecule has 0 fully saturated rings. The van der Waals surface area contributed by atoms with E-state index in [1.54, 1.807) is 12.1 Å². The first kappa shape index (κ1) is 26.9. The Morgan fingerprint density at radius 1 is 1.24 bits per heavy atom. The van der Waals surface area contributed by atoms with Crippen molar-refractivity contribution in [3.63, 3.8) is 0 Å². The van der Waals surface area contributed by atoms with Gasteiger partial charge < -0.3 is 25.2 Å². The Morgan fingerprint density at radius 3 is 2.74 bits per heavy atom. The van der Waals surface area contributed by atoms with E-state index in [4.69, 9.17) is 4.74 Å². The summed E-state index contributed by atoms with van der Waals surface area (Å²) < 4.78 is 36.3. The lowest BCUT2D eigenvalue weighted by atomic mass is 10.0. The van der Waals surface area contributed by atoms with Crippen LogP contribution in [-0.4, -0.2) is 76.9 Å². The summed E-state index contributed by atoms with van der Waals surface area (Å²) in [6.07, 6.45) is 3.87. The molecule has 38 heavy (non-hydrogen) atoms. The minimum absolute atomic E-state index is 0.0736. The molecule has 4 rings (SSSR count). The summed E-state index contributed by atoms with van der Waals surface area (Å²) in [4.78, 5) is 28.9. The molecule has 1 amide bonds. The van der Waals surface area contributed by atoms with Crippen LogP contribution in [0.3, 0.4) is 0 Å². The van der Waals surface area contributed by atoms with Crippen LogP contribution in [0, 0.1) is 0 Å². The van der Waals surface area contributed by atoms with Crippen molar-refractivity contribution in [2.24, 2.45) is 0 Å². The number of aryl methyl sites for hydroxylation is 1. The van der Waals surface area contributed by atoms with Crippen LogP contribution in [0.25, 0.3) is 11.4 Å². The second-order valence-corrected chi connectivity index (χ2v) is 9.18. The van der Waals surface area contributed by atoms with Crippen molar-refractivity contribution >= 4 is 28.9 Å². The van der Waals surface area contributed by atoms with Gasteiger partial charge in [0.1, 0.15) is 17.8 Å². The largest absolute Gasteiger partial charge is 0.494 e. The first-order valence-electron chi connectivity index (χ1n) is 12.0. The van der Waals surface area contributed by atoms with Crippen LogP contribution < -0.4 is 20.3 Å². The van der Waals surface area contributed by atoms with Gasteiger partial charge in [0.25, 0.3) is 5.92 Å². The Bertz CT molecular complexity index is 1330. The first-order chi connectivity index (χ1) is 18.1. The van der Waals surface area contributed by atoms with Gasteiger partial charge in [-0.15, -0.1) is 0 Å². The SMILES string of the molecule is C=CC(=O)Nc1cc(Nc2ncnc(-c3cnn4c3C(F)(F)CCC4)n2)c(OC)cc1N(C)CCN(C)C. The molecule has 0 aliphatic carbocycles. The van der Waals surface area contributed by atoms with Crippen molar-refractivity contribution in [3.05, 3.63) is 43.0 Å². The summed E-state index contributed by atoms with van der Waals surface area (Å²) in [5.74, 6) is -2.76. The van der Waals surface area contributed by atoms with Gasteiger partial charge in [0.05, 0.1) is 35.9 Å². The minimum atomic E-state index is -3.03. The fourth-order valence-corrected chi connectivity index (χ4v) is 4.19. The molecular formula is C25H31F2N9O2.